The van der Waals surface area contributed by atoms with E-state index in [2.05, 4.69) is 15.3 Å². The SMILES string of the molecule is O=C(O)CCCCCCCCCCNc1ncnc2ccccc12. The van der Waals surface area contributed by atoms with Gasteiger partial charge in [-0.15, -0.1) is 0 Å². The fourth-order valence-electron chi connectivity index (χ4n) is 2.81. The Hall–Kier alpha value is -2.17. The van der Waals surface area contributed by atoms with Crippen molar-refractivity contribution >= 4 is 22.7 Å². The van der Waals surface area contributed by atoms with Gasteiger partial charge < -0.3 is 10.4 Å². The first-order chi connectivity index (χ1) is 11.8. The van der Waals surface area contributed by atoms with Crippen molar-refractivity contribution in [3.8, 4) is 0 Å². The molecule has 0 aliphatic carbocycles. The van der Waals surface area contributed by atoms with Crippen LogP contribution in [0.3, 0.4) is 0 Å². The van der Waals surface area contributed by atoms with Gasteiger partial charge in [0.1, 0.15) is 12.1 Å². The van der Waals surface area contributed by atoms with E-state index in [0.29, 0.717) is 6.42 Å². The largest absolute Gasteiger partial charge is 0.481 e. The molecule has 2 aromatic rings. The Labute approximate surface area is 143 Å². The van der Waals surface area contributed by atoms with Crippen LogP contribution in [0, 0.1) is 0 Å². The number of aliphatic carboxylic acids is 1. The summed E-state index contributed by atoms with van der Waals surface area (Å²) in [5.74, 6) is 0.234. The van der Waals surface area contributed by atoms with Crippen molar-refractivity contribution in [3.63, 3.8) is 0 Å². The average molecular weight is 329 g/mol. The molecule has 0 amide bonds. The molecule has 0 saturated heterocycles. The highest BCUT2D eigenvalue weighted by molar-refractivity contribution is 5.88. The minimum atomic E-state index is -0.682. The minimum Gasteiger partial charge on any atom is -0.481 e. The van der Waals surface area contributed by atoms with E-state index in [-0.39, 0.29) is 0 Å². The van der Waals surface area contributed by atoms with Crippen molar-refractivity contribution in [1.29, 1.82) is 0 Å². The number of carbonyl (C=O) groups is 1. The molecule has 0 radical (unpaired) electrons. The molecule has 0 spiro atoms. The summed E-state index contributed by atoms with van der Waals surface area (Å²) in [5, 5.41) is 13.0. The normalized spacial score (nSPS) is 10.8. The van der Waals surface area contributed by atoms with E-state index in [1.807, 2.05) is 24.3 Å². The third-order valence-corrected chi connectivity index (χ3v) is 4.15. The molecule has 1 aromatic heterocycles. The first kappa shape index (κ1) is 18.2. The fourth-order valence-corrected chi connectivity index (χ4v) is 2.81. The van der Waals surface area contributed by atoms with Crippen LogP contribution in [0.2, 0.25) is 0 Å². The zero-order chi connectivity index (χ0) is 17.0. The number of benzene rings is 1. The van der Waals surface area contributed by atoms with E-state index in [4.69, 9.17) is 5.11 Å². The highest BCUT2D eigenvalue weighted by Crippen LogP contribution is 2.18. The van der Waals surface area contributed by atoms with Crippen LogP contribution in [0.4, 0.5) is 5.82 Å². The van der Waals surface area contributed by atoms with Gasteiger partial charge in [0.2, 0.25) is 0 Å². The summed E-state index contributed by atoms with van der Waals surface area (Å²) >= 11 is 0. The van der Waals surface area contributed by atoms with Gasteiger partial charge in [-0.3, -0.25) is 4.79 Å². The molecule has 0 atom stereocenters. The molecule has 0 unspecified atom stereocenters. The topological polar surface area (TPSA) is 75.1 Å². The van der Waals surface area contributed by atoms with Crippen LogP contribution >= 0.6 is 0 Å². The third-order valence-electron chi connectivity index (χ3n) is 4.15. The molecule has 0 bridgehead atoms. The fraction of sp³-hybridized carbons (Fsp3) is 0.526. The van der Waals surface area contributed by atoms with Gasteiger partial charge in [0, 0.05) is 18.4 Å². The van der Waals surface area contributed by atoms with Gasteiger partial charge in [-0.1, -0.05) is 50.7 Å². The molecule has 0 saturated carbocycles. The summed E-state index contributed by atoms with van der Waals surface area (Å²) in [6.07, 6.45) is 11.0. The molecule has 1 heterocycles. The van der Waals surface area contributed by atoms with Gasteiger partial charge in [-0.25, -0.2) is 9.97 Å². The summed E-state index contributed by atoms with van der Waals surface area (Å²) in [6.45, 7) is 0.930. The predicted octanol–water partition coefficient (Wildman–Crippen LogP) is 4.64. The van der Waals surface area contributed by atoms with E-state index in [9.17, 15) is 4.79 Å². The molecule has 0 aliphatic rings. The lowest BCUT2D eigenvalue weighted by Crippen LogP contribution is -2.04. The Kier molecular flexibility index (Phi) is 8.01. The van der Waals surface area contributed by atoms with Crippen LogP contribution in [0.25, 0.3) is 10.9 Å². The summed E-state index contributed by atoms with van der Waals surface area (Å²) < 4.78 is 0. The number of unbranched alkanes of at least 4 members (excludes halogenated alkanes) is 7. The Balaban J connectivity index is 1.52. The van der Waals surface area contributed by atoms with Gasteiger partial charge >= 0.3 is 5.97 Å². The second-order valence-corrected chi connectivity index (χ2v) is 6.14. The Morgan fingerprint density at radius 1 is 0.917 bits per heavy atom. The lowest BCUT2D eigenvalue weighted by atomic mass is 10.1. The van der Waals surface area contributed by atoms with E-state index in [1.54, 1.807) is 6.33 Å². The number of para-hydroxylation sites is 1. The van der Waals surface area contributed by atoms with E-state index >= 15 is 0 Å². The van der Waals surface area contributed by atoms with Crippen LogP contribution in [-0.2, 0) is 4.79 Å². The highest BCUT2D eigenvalue weighted by Gasteiger charge is 2.01. The molecule has 0 fully saturated rings. The number of hydrogen-bond acceptors (Lipinski definition) is 4. The first-order valence-electron chi connectivity index (χ1n) is 8.93. The van der Waals surface area contributed by atoms with Crippen LogP contribution in [0.1, 0.15) is 57.8 Å². The maximum atomic E-state index is 10.4. The number of rotatable bonds is 12. The number of nitrogens with one attached hydrogen (secondary N) is 1. The summed E-state index contributed by atoms with van der Waals surface area (Å²) in [7, 11) is 0. The number of nitrogens with zero attached hydrogens (tertiary/aromatic N) is 2. The van der Waals surface area contributed by atoms with Crippen molar-refractivity contribution in [2.45, 2.75) is 57.8 Å². The second-order valence-electron chi connectivity index (χ2n) is 6.14. The van der Waals surface area contributed by atoms with E-state index < -0.39 is 5.97 Å². The molecular weight excluding hydrogens is 302 g/mol. The molecule has 5 nitrogen and oxygen atoms in total. The maximum Gasteiger partial charge on any atom is 0.303 e. The van der Waals surface area contributed by atoms with Gasteiger partial charge in [0.25, 0.3) is 0 Å². The van der Waals surface area contributed by atoms with Gasteiger partial charge in [-0.2, -0.15) is 0 Å². The molecule has 24 heavy (non-hydrogen) atoms. The van der Waals surface area contributed by atoms with Crippen molar-refractivity contribution in [2.75, 3.05) is 11.9 Å². The zero-order valence-corrected chi connectivity index (χ0v) is 14.2. The Bertz CT molecular complexity index is 626. The smallest absolute Gasteiger partial charge is 0.303 e. The zero-order valence-electron chi connectivity index (χ0n) is 14.2. The monoisotopic (exact) mass is 329 g/mol. The van der Waals surface area contributed by atoms with Crippen molar-refractivity contribution in [3.05, 3.63) is 30.6 Å². The number of carboxylic acids is 1. The summed E-state index contributed by atoms with van der Waals surface area (Å²) in [4.78, 5) is 19.0. The third kappa shape index (κ3) is 6.52. The lowest BCUT2D eigenvalue weighted by Gasteiger charge is -2.08. The molecule has 0 aliphatic heterocycles. The Morgan fingerprint density at radius 2 is 1.58 bits per heavy atom. The van der Waals surface area contributed by atoms with Crippen LogP contribution in [0.15, 0.2) is 30.6 Å². The molecule has 2 rings (SSSR count). The van der Waals surface area contributed by atoms with Crippen molar-refractivity contribution in [1.82, 2.24) is 9.97 Å². The number of anilines is 1. The number of aromatic nitrogens is 2. The molecule has 5 heteroatoms. The number of carboxylic acid groups (broad SMARTS) is 1. The molecule has 1 aromatic carbocycles. The first-order valence-corrected chi connectivity index (χ1v) is 8.93. The predicted molar refractivity (Wildman–Crippen MR) is 97.2 cm³/mol. The minimum absolute atomic E-state index is 0.309. The summed E-state index contributed by atoms with van der Waals surface area (Å²) in [5.41, 5.74) is 0.970. The standard InChI is InChI=1S/C19H27N3O2/c23-18(24)13-7-5-3-1-2-4-6-10-14-20-19-16-11-8-9-12-17(16)21-15-22-19/h8-9,11-12,15H,1-7,10,13-14H2,(H,23,24)(H,20,21,22). The van der Waals surface area contributed by atoms with Crippen LogP contribution in [-0.4, -0.2) is 27.6 Å². The van der Waals surface area contributed by atoms with Gasteiger partial charge in [-0.05, 0) is 25.0 Å². The quantitative estimate of drug-likeness (QED) is 0.555. The average Bonchev–Trinajstić information content (AvgIpc) is 2.59. The summed E-state index contributed by atoms with van der Waals surface area (Å²) in [6, 6.07) is 8.04. The molecule has 130 valence electrons. The van der Waals surface area contributed by atoms with E-state index in [0.717, 1.165) is 48.9 Å². The maximum absolute atomic E-state index is 10.4. The molecular formula is C19H27N3O2. The Morgan fingerprint density at radius 3 is 2.33 bits per heavy atom. The number of fused-ring (bicyclic) bond motifs is 1. The lowest BCUT2D eigenvalue weighted by molar-refractivity contribution is -0.137. The van der Waals surface area contributed by atoms with Gasteiger partial charge in [0.15, 0.2) is 0 Å². The number of hydrogen-bond donors (Lipinski definition) is 2. The van der Waals surface area contributed by atoms with Gasteiger partial charge in [0.05, 0.1) is 5.52 Å². The second kappa shape index (κ2) is 10.6. The molecule has 2 N–H and O–H groups in total. The van der Waals surface area contributed by atoms with Crippen LogP contribution in [0.5, 0.6) is 0 Å². The highest BCUT2D eigenvalue weighted by atomic mass is 16.4. The van der Waals surface area contributed by atoms with Crippen molar-refractivity contribution < 1.29 is 9.90 Å². The van der Waals surface area contributed by atoms with Crippen molar-refractivity contribution in [2.24, 2.45) is 0 Å². The van der Waals surface area contributed by atoms with Crippen LogP contribution < -0.4 is 5.32 Å². The van der Waals surface area contributed by atoms with E-state index in [1.165, 1.54) is 25.7 Å².